The third-order valence-electron chi connectivity index (χ3n) is 4.54. The fourth-order valence-electron chi connectivity index (χ4n) is 3.40. The lowest BCUT2D eigenvalue weighted by atomic mass is 9.98. The minimum Gasteiger partial charge on any atom is -0.448 e. The molecule has 3 heterocycles. The summed E-state index contributed by atoms with van der Waals surface area (Å²) in [7, 11) is 0. The molecule has 0 radical (unpaired) electrons. The lowest BCUT2D eigenvalue weighted by molar-refractivity contribution is -0.142. The Morgan fingerprint density at radius 1 is 1.33 bits per heavy atom. The Hall–Kier alpha value is -2.70. The first-order valence-electron chi connectivity index (χ1n) is 8.03. The van der Waals surface area contributed by atoms with Crippen LogP contribution >= 0.6 is 0 Å². The van der Waals surface area contributed by atoms with E-state index >= 15 is 0 Å². The van der Waals surface area contributed by atoms with E-state index in [1.165, 1.54) is 0 Å². The van der Waals surface area contributed by atoms with Gasteiger partial charge in [-0.25, -0.2) is 4.79 Å². The Morgan fingerprint density at radius 2 is 2.17 bits per heavy atom. The number of hydrogen-bond donors (Lipinski definition) is 0. The summed E-state index contributed by atoms with van der Waals surface area (Å²) < 4.78 is 10.4. The maximum absolute atomic E-state index is 12.9. The van der Waals surface area contributed by atoms with Gasteiger partial charge in [0.05, 0.1) is 11.6 Å². The fraction of sp³-hybridized carbons (Fsp3) is 0.412. The number of ether oxygens (including phenoxy) is 1. The van der Waals surface area contributed by atoms with Gasteiger partial charge >= 0.3 is 5.97 Å². The molecule has 0 unspecified atom stereocenters. The number of carbonyl (C=O) groups excluding carboxylic acids is 2. The monoisotopic (exact) mass is 327 g/mol. The van der Waals surface area contributed by atoms with Crippen molar-refractivity contribution in [2.24, 2.45) is 0 Å². The van der Waals surface area contributed by atoms with E-state index in [2.05, 4.69) is 10.1 Å². The van der Waals surface area contributed by atoms with E-state index < -0.39 is 12.1 Å². The van der Waals surface area contributed by atoms with Gasteiger partial charge in [-0.1, -0.05) is 23.4 Å². The molecular weight excluding hydrogens is 310 g/mol. The molecule has 7 nitrogen and oxygen atoms in total. The van der Waals surface area contributed by atoms with E-state index in [1.54, 1.807) is 24.0 Å². The van der Waals surface area contributed by atoms with E-state index in [0.29, 0.717) is 30.2 Å². The number of benzene rings is 1. The summed E-state index contributed by atoms with van der Waals surface area (Å²) in [5.74, 6) is 0.354. The highest BCUT2D eigenvalue weighted by molar-refractivity contribution is 5.95. The number of cyclic esters (lactones) is 1. The van der Waals surface area contributed by atoms with Crippen molar-refractivity contribution in [3.05, 3.63) is 47.1 Å². The molecule has 0 spiro atoms. The van der Waals surface area contributed by atoms with Crippen LogP contribution in [0.2, 0.25) is 0 Å². The predicted octanol–water partition coefficient (Wildman–Crippen LogP) is 1.82. The van der Waals surface area contributed by atoms with Gasteiger partial charge in [-0.05, 0) is 24.5 Å². The Kier molecular flexibility index (Phi) is 3.55. The number of aromatic nitrogens is 2. The van der Waals surface area contributed by atoms with Crippen LogP contribution < -0.4 is 0 Å². The van der Waals surface area contributed by atoms with Gasteiger partial charge in [-0.15, -0.1) is 0 Å². The highest BCUT2D eigenvalue weighted by Gasteiger charge is 2.40. The highest BCUT2D eigenvalue weighted by atomic mass is 16.5. The summed E-state index contributed by atoms with van der Waals surface area (Å²) in [4.78, 5) is 31.0. The third-order valence-corrected chi connectivity index (χ3v) is 4.54. The molecule has 124 valence electrons. The van der Waals surface area contributed by atoms with Gasteiger partial charge in [0.1, 0.15) is 0 Å². The molecular formula is C17H17N3O4. The van der Waals surface area contributed by atoms with Crippen molar-refractivity contribution in [2.75, 3.05) is 6.54 Å². The summed E-state index contributed by atoms with van der Waals surface area (Å²) in [6.45, 7) is 2.32. The maximum Gasteiger partial charge on any atom is 0.339 e. The number of carbonyl (C=O) groups is 2. The lowest BCUT2D eigenvalue weighted by Gasteiger charge is -2.29. The van der Waals surface area contributed by atoms with Gasteiger partial charge in [0, 0.05) is 19.9 Å². The van der Waals surface area contributed by atoms with Crippen molar-refractivity contribution < 1.29 is 18.8 Å². The first-order valence-corrected chi connectivity index (χ1v) is 8.03. The quantitative estimate of drug-likeness (QED) is 0.782. The molecule has 1 amide bonds. The first kappa shape index (κ1) is 14.9. The molecule has 1 fully saturated rings. The number of aryl methyl sites for hydroxylation is 1. The summed E-state index contributed by atoms with van der Waals surface area (Å²) >= 11 is 0. The Balaban J connectivity index is 1.56. The predicted molar refractivity (Wildman–Crippen MR) is 82.1 cm³/mol. The average Bonchev–Trinajstić information content (AvgIpc) is 3.22. The van der Waals surface area contributed by atoms with Gasteiger partial charge in [-0.2, -0.15) is 4.98 Å². The average molecular weight is 327 g/mol. The van der Waals surface area contributed by atoms with Gasteiger partial charge in [-0.3, -0.25) is 4.79 Å². The standard InChI is InChI=1S/C17H17N3O4/c1-10-18-15(19-24-10)13-7-4-8-20(13)16(21)14-9-11-5-2-3-6-12(11)17(22)23-14/h2-3,5-6,13-14H,4,7-9H2,1H3/t13-,14+/m1/s1. The molecule has 0 aliphatic carbocycles. The summed E-state index contributed by atoms with van der Waals surface area (Å²) in [5.41, 5.74) is 1.38. The summed E-state index contributed by atoms with van der Waals surface area (Å²) in [6.07, 6.45) is 1.25. The summed E-state index contributed by atoms with van der Waals surface area (Å²) in [5, 5.41) is 3.94. The highest BCUT2D eigenvalue weighted by Crippen LogP contribution is 2.32. The third kappa shape index (κ3) is 2.46. The molecule has 2 atom stereocenters. The van der Waals surface area contributed by atoms with Gasteiger partial charge in [0.2, 0.25) is 5.89 Å². The summed E-state index contributed by atoms with van der Waals surface area (Å²) in [6, 6.07) is 7.02. The van der Waals surface area contributed by atoms with Crippen molar-refractivity contribution in [1.29, 1.82) is 0 Å². The number of hydrogen-bond acceptors (Lipinski definition) is 6. The number of amides is 1. The Morgan fingerprint density at radius 3 is 2.96 bits per heavy atom. The normalized spacial score (nSPS) is 23.0. The van der Waals surface area contributed by atoms with E-state index in [9.17, 15) is 9.59 Å². The smallest absolute Gasteiger partial charge is 0.339 e. The second kappa shape index (κ2) is 5.74. The maximum atomic E-state index is 12.9. The van der Waals surface area contributed by atoms with Crippen LogP contribution in [-0.2, 0) is 16.0 Å². The van der Waals surface area contributed by atoms with Crippen LogP contribution in [0.4, 0.5) is 0 Å². The molecule has 24 heavy (non-hydrogen) atoms. The van der Waals surface area contributed by atoms with Crippen LogP contribution in [0.1, 0.15) is 46.5 Å². The zero-order valence-corrected chi connectivity index (χ0v) is 13.3. The molecule has 2 aromatic rings. The zero-order valence-electron chi connectivity index (χ0n) is 13.3. The SMILES string of the molecule is Cc1nc([C@H]2CCCN2C(=O)[C@@H]2Cc3ccccc3C(=O)O2)no1. The van der Waals surface area contributed by atoms with E-state index in [1.807, 2.05) is 12.1 Å². The first-order chi connectivity index (χ1) is 11.6. The number of rotatable bonds is 2. The molecule has 7 heteroatoms. The zero-order chi connectivity index (χ0) is 16.7. The van der Waals surface area contributed by atoms with Crippen molar-refractivity contribution >= 4 is 11.9 Å². The van der Waals surface area contributed by atoms with Crippen LogP contribution in [0, 0.1) is 6.92 Å². The fourth-order valence-corrected chi connectivity index (χ4v) is 3.40. The van der Waals surface area contributed by atoms with Gasteiger partial charge in [0.15, 0.2) is 11.9 Å². The largest absolute Gasteiger partial charge is 0.448 e. The minimum atomic E-state index is -0.791. The Bertz CT molecular complexity index is 801. The van der Waals surface area contributed by atoms with E-state index in [4.69, 9.17) is 9.26 Å². The number of esters is 1. The molecule has 4 rings (SSSR count). The number of likely N-dealkylation sites (tertiary alicyclic amines) is 1. The van der Waals surface area contributed by atoms with Gasteiger partial charge < -0.3 is 14.2 Å². The molecule has 1 aromatic heterocycles. The van der Waals surface area contributed by atoms with Crippen LogP contribution in [0.3, 0.4) is 0 Å². The molecule has 0 N–H and O–H groups in total. The Labute approximate surface area is 138 Å². The molecule has 2 aliphatic rings. The number of fused-ring (bicyclic) bond motifs is 1. The van der Waals surface area contributed by atoms with Crippen molar-refractivity contribution in [3.8, 4) is 0 Å². The van der Waals surface area contributed by atoms with Crippen molar-refractivity contribution in [3.63, 3.8) is 0 Å². The van der Waals surface area contributed by atoms with Crippen molar-refractivity contribution in [1.82, 2.24) is 15.0 Å². The van der Waals surface area contributed by atoms with E-state index in [-0.39, 0.29) is 11.9 Å². The molecule has 0 bridgehead atoms. The molecule has 1 saturated heterocycles. The second-order valence-electron chi connectivity index (χ2n) is 6.12. The molecule has 0 saturated carbocycles. The molecule has 1 aromatic carbocycles. The van der Waals surface area contributed by atoms with Crippen molar-refractivity contribution in [2.45, 2.75) is 38.3 Å². The van der Waals surface area contributed by atoms with Crippen LogP contribution in [-0.4, -0.2) is 39.6 Å². The minimum absolute atomic E-state index is 0.192. The second-order valence-corrected chi connectivity index (χ2v) is 6.12. The van der Waals surface area contributed by atoms with E-state index in [0.717, 1.165) is 18.4 Å². The number of nitrogens with zero attached hydrogens (tertiary/aromatic N) is 3. The van der Waals surface area contributed by atoms with Crippen LogP contribution in [0.25, 0.3) is 0 Å². The topological polar surface area (TPSA) is 85.5 Å². The molecule has 2 aliphatic heterocycles. The van der Waals surface area contributed by atoms with Crippen LogP contribution in [0.15, 0.2) is 28.8 Å². The van der Waals surface area contributed by atoms with Crippen LogP contribution in [0.5, 0.6) is 0 Å². The van der Waals surface area contributed by atoms with Gasteiger partial charge in [0.25, 0.3) is 5.91 Å². The lowest BCUT2D eigenvalue weighted by Crippen LogP contribution is -2.44.